The van der Waals surface area contributed by atoms with Gasteiger partial charge in [-0.05, 0) is 19.3 Å². The molecule has 0 saturated carbocycles. The van der Waals surface area contributed by atoms with Gasteiger partial charge in [-0.1, -0.05) is 0 Å². The highest BCUT2D eigenvalue weighted by Crippen LogP contribution is 1.89. The summed E-state index contributed by atoms with van der Waals surface area (Å²) in [5, 5.41) is 11.6. The van der Waals surface area contributed by atoms with Crippen molar-refractivity contribution in [3.8, 4) is 0 Å². The Morgan fingerprint density at radius 2 is 2.25 bits per heavy atom. The van der Waals surface area contributed by atoms with E-state index in [4.69, 9.17) is 10.9 Å². The smallest absolute Gasteiger partial charge is 0.0431 e. The Morgan fingerprint density at radius 1 is 1.50 bits per heavy atom. The second kappa shape index (κ2) is 6.43. The van der Waals surface area contributed by atoms with Crippen LogP contribution in [0, 0.1) is 0 Å². The zero-order valence-electron chi connectivity index (χ0n) is 4.88. The molecule has 0 aliphatic rings. The van der Waals surface area contributed by atoms with Gasteiger partial charge in [0.15, 0.2) is 0 Å². The van der Waals surface area contributed by atoms with Gasteiger partial charge in [0.25, 0.3) is 0 Å². The second-order valence-electron chi connectivity index (χ2n) is 1.55. The van der Waals surface area contributed by atoms with Crippen LogP contribution in [-0.4, -0.2) is 17.9 Å². The molecule has 0 aromatic carbocycles. The van der Waals surface area contributed by atoms with Crippen molar-refractivity contribution in [1.29, 1.82) is 0 Å². The zero-order valence-corrected chi connectivity index (χ0v) is 4.88. The van der Waals surface area contributed by atoms with Crippen LogP contribution in [0.25, 0.3) is 0 Å². The van der Waals surface area contributed by atoms with Crippen LogP contribution in [-0.2, 0) is 0 Å². The SMILES string of the molecule is NN=CCCCCO. The van der Waals surface area contributed by atoms with Crippen molar-refractivity contribution in [3.63, 3.8) is 0 Å². The molecule has 48 valence electrons. The lowest BCUT2D eigenvalue weighted by molar-refractivity contribution is 0.286. The van der Waals surface area contributed by atoms with E-state index in [9.17, 15) is 0 Å². The number of hydrogen-bond acceptors (Lipinski definition) is 3. The summed E-state index contributed by atoms with van der Waals surface area (Å²) in [5.41, 5.74) is 0. The van der Waals surface area contributed by atoms with Gasteiger partial charge in [0.2, 0.25) is 0 Å². The van der Waals surface area contributed by atoms with E-state index in [2.05, 4.69) is 5.10 Å². The molecule has 0 atom stereocenters. The third-order valence-electron chi connectivity index (χ3n) is 0.847. The van der Waals surface area contributed by atoms with Crippen LogP contribution in [0.2, 0.25) is 0 Å². The fourth-order valence-corrected chi connectivity index (χ4v) is 0.422. The molecule has 0 aliphatic carbocycles. The van der Waals surface area contributed by atoms with Gasteiger partial charge in [0, 0.05) is 12.8 Å². The second-order valence-corrected chi connectivity index (χ2v) is 1.55. The van der Waals surface area contributed by atoms with E-state index in [1.165, 1.54) is 0 Å². The Kier molecular flexibility index (Phi) is 5.97. The van der Waals surface area contributed by atoms with Crippen molar-refractivity contribution in [2.24, 2.45) is 10.9 Å². The molecule has 0 fully saturated rings. The molecule has 0 radical (unpaired) electrons. The highest BCUT2D eigenvalue weighted by atomic mass is 16.2. The summed E-state index contributed by atoms with van der Waals surface area (Å²) in [4.78, 5) is 0. The third kappa shape index (κ3) is 5.43. The number of hydrogen-bond donors (Lipinski definition) is 2. The van der Waals surface area contributed by atoms with E-state index in [0.29, 0.717) is 0 Å². The van der Waals surface area contributed by atoms with Crippen molar-refractivity contribution in [2.45, 2.75) is 19.3 Å². The number of nitrogens with two attached hydrogens (primary N) is 1. The van der Waals surface area contributed by atoms with Gasteiger partial charge >= 0.3 is 0 Å². The van der Waals surface area contributed by atoms with Crippen molar-refractivity contribution < 1.29 is 5.11 Å². The first-order valence-corrected chi connectivity index (χ1v) is 2.74. The predicted octanol–water partition coefficient (Wildman–Crippen LogP) is 0.0935. The number of aliphatic hydroxyl groups is 1. The van der Waals surface area contributed by atoms with E-state index in [0.717, 1.165) is 19.3 Å². The molecule has 0 aliphatic heterocycles. The van der Waals surface area contributed by atoms with Gasteiger partial charge in [-0.15, -0.1) is 0 Å². The van der Waals surface area contributed by atoms with Crippen molar-refractivity contribution in [1.82, 2.24) is 0 Å². The minimum Gasteiger partial charge on any atom is -0.396 e. The van der Waals surface area contributed by atoms with Gasteiger partial charge in [0.1, 0.15) is 0 Å². The first-order valence-electron chi connectivity index (χ1n) is 2.74. The largest absolute Gasteiger partial charge is 0.396 e. The van der Waals surface area contributed by atoms with Crippen LogP contribution in [0.1, 0.15) is 19.3 Å². The number of nitrogens with zero attached hydrogens (tertiary/aromatic N) is 1. The van der Waals surface area contributed by atoms with Gasteiger partial charge in [0.05, 0.1) is 0 Å². The van der Waals surface area contributed by atoms with Crippen LogP contribution in [0.3, 0.4) is 0 Å². The third-order valence-corrected chi connectivity index (χ3v) is 0.847. The summed E-state index contributed by atoms with van der Waals surface area (Å²) in [7, 11) is 0. The topological polar surface area (TPSA) is 58.6 Å². The number of rotatable bonds is 4. The van der Waals surface area contributed by atoms with E-state index in [1.54, 1.807) is 6.21 Å². The highest BCUT2D eigenvalue weighted by molar-refractivity contribution is 5.56. The summed E-state index contributed by atoms with van der Waals surface area (Å²) >= 11 is 0. The fourth-order valence-electron chi connectivity index (χ4n) is 0.422. The monoisotopic (exact) mass is 116 g/mol. The minimum absolute atomic E-state index is 0.262. The average Bonchev–Trinajstić information content (AvgIpc) is 1.81. The van der Waals surface area contributed by atoms with Crippen molar-refractivity contribution >= 4 is 6.21 Å². The quantitative estimate of drug-likeness (QED) is 0.237. The zero-order chi connectivity index (χ0) is 6.24. The Labute approximate surface area is 49.2 Å². The van der Waals surface area contributed by atoms with Crippen LogP contribution < -0.4 is 5.84 Å². The molecule has 0 aromatic heterocycles. The molecular formula is C5H12N2O. The Balaban J connectivity index is 2.72. The van der Waals surface area contributed by atoms with E-state index in [1.807, 2.05) is 0 Å². The number of aliphatic hydroxyl groups excluding tert-OH is 1. The summed E-state index contributed by atoms with van der Waals surface area (Å²) in [6, 6.07) is 0. The van der Waals surface area contributed by atoms with Crippen LogP contribution in [0.15, 0.2) is 5.10 Å². The molecule has 0 aromatic rings. The summed E-state index contributed by atoms with van der Waals surface area (Å²) in [6.07, 6.45) is 4.33. The van der Waals surface area contributed by atoms with E-state index in [-0.39, 0.29) is 6.61 Å². The normalized spacial score (nSPS) is 10.6. The Bertz CT molecular complexity index is 63.4. The van der Waals surface area contributed by atoms with Crippen LogP contribution in [0.5, 0.6) is 0 Å². The summed E-state index contributed by atoms with van der Waals surface area (Å²) in [5.74, 6) is 4.82. The van der Waals surface area contributed by atoms with E-state index >= 15 is 0 Å². The molecule has 3 heteroatoms. The van der Waals surface area contributed by atoms with Gasteiger partial charge < -0.3 is 10.9 Å². The van der Waals surface area contributed by atoms with Crippen LogP contribution in [0.4, 0.5) is 0 Å². The Morgan fingerprint density at radius 3 is 2.75 bits per heavy atom. The predicted molar refractivity (Wildman–Crippen MR) is 33.6 cm³/mol. The maximum Gasteiger partial charge on any atom is 0.0431 e. The van der Waals surface area contributed by atoms with Gasteiger partial charge in [-0.3, -0.25) is 0 Å². The molecule has 0 bridgehead atoms. The number of hydrazone groups is 1. The molecule has 3 nitrogen and oxygen atoms in total. The standard InChI is InChI=1S/C5H12N2O/c6-7-4-2-1-3-5-8/h4,8H,1-3,5-6H2. The lowest BCUT2D eigenvalue weighted by atomic mass is 10.3. The van der Waals surface area contributed by atoms with Crippen molar-refractivity contribution in [3.05, 3.63) is 0 Å². The maximum atomic E-state index is 8.29. The molecule has 8 heavy (non-hydrogen) atoms. The molecule has 0 spiro atoms. The maximum absolute atomic E-state index is 8.29. The first kappa shape index (κ1) is 7.43. The molecule has 3 N–H and O–H groups in total. The fraction of sp³-hybridized carbons (Fsp3) is 0.800. The molecule has 0 amide bonds. The molecule has 0 saturated heterocycles. The molecule has 0 rings (SSSR count). The van der Waals surface area contributed by atoms with Gasteiger partial charge in [-0.25, -0.2) is 0 Å². The van der Waals surface area contributed by atoms with E-state index < -0.39 is 0 Å². The lowest BCUT2D eigenvalue weighted by Gasteiger charge is -1.87. The van der Waals surface area contributed by atoms with Crippen molar-refractivity contribution in [2.75, 3.05) is 6.61 Å². The minimum atomic E-state index is 0.262. The Hall–Kier alpha value is -0.570. The molecular weight excluding hydrogens is 104 g/mol. The molecule has 0 unspecified atom stereocenters. The summed E-state index contributed by atoms with van der Waals surface area (Å²) in [6.45, 7) is 0.262. The first-order chi connectivity index (χ1) is 3.91. The average molecular weight is 116 g/mol. The summed E-state index contributed by atoms with van der Waals surface area (Å²) < 4.78 is 0. The number of unbranched alkanes of at least 4 members (excludes halogenated alkanes) is 2. The van der Waals surface area contributed by atoms with Crippen LogP contribution >= 0.6 is 0 Å². The molecule has 0 heterocycles. The lowest BCUT2D eigenvalue weighted by Crippen LogP contribution is -1.86. The van der Waals surface area contributed by atoms with Gasteiger partial charge in [-0.2, -0.15) is 5.10 Å². The highest BCUT2D eigenvalue weighted by Gasteiger charge is 1.80.